The summed E-state index contributed by atoms with van der Waals surface area (Å²) < 4.78 is 19.7. The number of benzene rings is 1. The fourth-order valence-corrected chi connectivity index (χ4v) is 1.90. The lowest BCUT2D eigenvalue weighted by molar-refractivity contribution is 0.0969. The van der Waals surface area contributed by atoms with Crippen LogP contribution in [-0.2, 0) is 6.54 Å². The molecule has 0 N–H and O–H groups in total. The fraction of sp³-hybridized carbons (Fsp3) is 0.200. The highest BCUT2D eigenvalue weighted by molar-refractivity contribution is 5.96. The van der Waals surface area contributed by atoms with Gasteiger partial charge in [0.05, 0.1) is 13.7 Å². The number of aryl methyl sites for hydroxylation is 1. The van der Waals surface area contributed by atoms with Crippen LogP contribution in [0, 0.1) is 12.7 Å². The van der Waals surface area contributed by atoms with Gasteiger partial charge in [-0.05, 0) is 31.2 Å². The Labute approximate surface area is 115 Å². The van der Waals surface area contributed by atoms with Crippen molar-refractivity contribution in [2.24, 2.45) is 0 Å². The smallest absolute Gasteiger partial charge is 0.251 e. The van der Waals surface area contributed by atoms with Crippen LogP contribution in [-0.4, -0.2) is 17.5 Å². The minimum Gasteiger partial charge on any atom is -0.494 e. The Hall–Kier alpha value is -2.43. The van der Waals surface area contributed by atoms with Gasteiger partial charge in [-0.2, -0.15) is 0 Å². The number of ether oxygens (including phenoxy) is 1. The zero-order valence-electron chi connectivity index (χ0n) is 11.2. The van der Waals surface area contributed by atoms with Gasteiger partial charge >= 0.3 is 0 Å². The lowest BCUT2D eigenvalue weighted by Crippen LogP contribution is -2.25. The van der Waals surface area contributed by atoms with Crippen molar-refractivity contribution in [2.75, 3.05) is 7.11 Å². The average Bonchev–Trinajstić information content (AvgIpc) is 2.42. The van der Waals surface area contributed by atoms with E-state index < -0.39 is 5.82 Å². The molecule has 104 valence electrons. The van der Waals surface area contributed by atoms with Crippen LogP contribution in [0.2, 0.25) is 0 Å². The van der Waals surface area contributed by atoms with Crippen LogP contribution in [0.5, 0.6) is 5.75 Å². The summed E-state index contributed by atoms with van der Waals surface area (Å²) in [5.41, 5.74) is 0.630. The van der Waals surface area contributed by atoms with E-state index in [4.69, 9.17) is 4.74 Å². The van der Waals surface area contributed by atoms with Crippen molar-refractivity contribution in [1.29, 1.82) is 0 Å². The van der Waals surface area contributed by atoms with Gasteiger partial charge in [-0.25, -0.2) is 4.39 Å². The quantitative estimate of drug-likeness (QED) is 0.804. The second kappa shape index (κ2) is 5.69. The summed E-state index contributed by atoms with van der Waals surface area (Å²) in [7, 11) is 1.35. The number of aromatic nitrogens is 1. The zero-order chi connectivity index (χ0) is 14.7. The van der Waals surface area contributed by atoms with Gasteiger partial charge in [-0.1, -0.05) is 6.07 Å². The largest absolute Gasteiger partial charge is 0.494 e. The molecule has 0 aliphatic heterocycles. The van der Waals surface area contributed by atoms with Crippen LogP contribution in [0.3, 0.4) is 0 Å². The molecule has 0 fully saturated rings. The number of hydrogen-bond donors (Lipinski definition) is 0. The zero-order valence-corrected chi connectivity index (χ0v) is 11.2. The number of pyridine rings is 1. The van der Waals surface area contributed by atoms with Gasteiger partial charge in [0.2, 0.25) is 0 Å². The first-order valence-corrected chi connectivity index (χ1v) is 6.06. The van der Waals surface area contributed by atoms with Crippen LogP contribution in [0.4, 0.5) is 4.39 Å². The molecule has 0 aliphatic carbocycles. The second-order valence-electron chi connectivity index (χ2n) is 4.36. The first-order valence-electron chi connectivity index (χ1n) is 6.06. The van der Waals surface area contributed by atoms with Crippen molar-refractivity contribution in [1.82, 2.24) is 4.57 Å². The molecular weight excluding hydrogens is 261 g/mol. The predicted octanol–water partition coefficient (Wildman–Crippen LogP) is 2.19. The van der Waals surface area contributed by atoms with Crippen molar-refractivity contribution < 1.29 is 13.9 Å². The van der Waals surface area contributed by atoms with Crippen LogP contribution in [0.25, 0.3) is 0 Å². The van der Waals surface area contributed by atoms with E-state index >= 15 is 0 Å². The molecule has 4 nitrogen and oxygen atoms in total. The van der Waals surface area contributed by atoms with Crippen LogP contribution in [0.15, 0.2) is 41.2 Å². The highest BCUT2D eigenvalue weighted by Crippen LogP contribution is 2.18. The van der Waals surface area contributed by atoms with E-state index in [2.05, 4.69) is 0 Å². The Morgan fingerprint density at radius 3 is 2.65 bits per heavy atom. The monoisotopic (exact) mass is 275 g/mol. The highest BCUT2D eigenvalue weighted by Gasteiger charge is 2.12. The van der Waals surface area contributed by atoms with E-state index in [0.29, 0.717) is 5.69 Å². The van der Waals surface area contributed by atoms with E-state index in [1.54, 1.807) is 19.1 Å². The first-order chi connectivity index (χ1) is 9.52. The van der Waals surface area contributed by atoms with E-state index in [0.717, 1.165) is 6.07 Å². The summed E-state index contributed by atoms with van der Waals surface area (Å²) in [5.74, 6) is -0.854. The van der Waals surface area contributed by atoms with Gasteiger partial charge in [0, 0.05) is 17.3 Å². The molecule has 0 radical (unpaired) electrons. The third kappa shape index (κ3) is 2.77. The van der Waals surface area contributed by atoms with Crippen molar-refractivity contribution in [2.45, 2.75) is 13.5 Å². The number of Topliss-reactive ketones (excluding diaryl/α,β-unsaturated/α-hetero) is 1. The van der Waals surface area contributed by atoms with Crippen LogP contribution < -0.4 is 10.3 Å². The number of carbonyl (C=O) groups excluding carboxylic acids is 1. The third-order valence-corrected chi connectivity index (χ3v) is 3.04. The average molecular weight is 275 g/mol. The predicted molar refractivity (Wildman–Crippen MR) is 72.7 cm³/mol. The molecule has 0 bridgehead atoms. The Morgan fingerprint density at radius 1 is 1.30 bits per heavy atom. The maximum Gasteiger partial charge on any atom is 0.251 e. The van der Waals surface area contributed by atoms with Crippen LogP contribution >= 0.6 is 0 Å². The maximum absolute atomic E-state index is 13.6. The summed E-state index contributed by atoms with van der Waals surface area (Å²) in [5, 5.41) is 0. The number of nitrogens with zero attached hydrogens (tertiary/aromatic N) is 1. The molecule has 1 aromatic heterocycles. The first kappa shape index (κ1) is 14.0. The molecule has 1 heterocycles. The molecule has 0 aliphatic rings. The Morgan fingerprint density at radius 2 is 2.05 bits per heavy atom. The minimum atomic E-state index is -0.601. The van der Waals surface area contributed by atoms with Gasteiger partial charge in [0.25, 0.3) is 5.56 Å². The number of halogens is 1. The molecule has 5 heteroatoms. The lowest BCUT2D eigenvalue weighted by atomic mass is 10.1. The number of methoxy groups -OCH3 is 1. The molecule has 0 saturated heterocycles. The molecule has 2 rings (SSSR count). The minimum absolute atomic E-state index is 0.0783. The standard InChI is InChI=1S/C15H14FNO3/c1-10-4-3-5-15(19)17(10)9-13(18)11-6-7-14(20-2)12(16)8-11/h3-8H,9H2,1-2H3. The Bertz CT molecular complexity index is 707. The molecular formula is C15H14FNO3. The third-order valence-electron chi connectivity index (χ3n) is 3.04. The summed E-state index contributed by atoms with van der Waals surface area (Å²) in [6.07, 6.45) is 0. The summed E-state index contributed by atoms with van der Waals surface area (Å²) >= 11 is 0. The van der Waals surface area contributed by atoms with Crippen molar-refractivity contribution in [3.05, 3.63) is 63.8 Å². The van der Waals surface area contributed by atoms with E-state index in [9.17, 15) is 14.0 Å². The lowest BCUT2D eigenvalue weighted by Gasteiger charge is -2.09. The van der Waals surface area contributed by atoms with Crippen molar-refractivity contribution >= 4 is 5.78 Å². The summed E-state index contributed by atoms with van der Waals surface area (Å²) in [4.78, 5) is 23.8. The van der Waals surface area contributed by atoms with E-state index in [1.165, 1.54) is 29.9 Å². The van der Waals surface area contributed by atoms with Gasteiger partial charge in [-0.15, -0.1) is 0 Å². The SMILES string of the molecule is COc1ccc(C(=O)Cn2c(C)cccc2=O)cc1F. The summed E-state index contributed by atoms with van der Waals surface area (Å²) in [6.45, 7) is 1.63. The van der Waals surface area contributed by atoms with Gasteiger partial charge in [0.15, 0.2) is 17.3 Å². The number of rotatable bonds is 4. The summed E-state index contributed by atoms with van der Waals surface area (Å²) in [6, 6.07) is 8.74. The van der Waals surface area contributed by atoms with Gasteiger partial charge in [-0.3, -0.25) is 9.59 Å². The van der Waals surface area contributed by atoms with Crippen molar-refractivity contribution in [3.63, 3.8) is 0 Å². The molecule has 1 aromatic carbocycles. The Kier molecular flexibility index (Phi) is 3.98. The van der Waals surface area contributed by atoms with E-state index in [-0.39, 0.29) is 29.2 Å². The molecule has 0 unspecified atom stereocenters. The van der Waals surface area contributed by atoms with E-state index in [1.807, 2.05) is 0 Å². The Balaban J connectivity index is 2.29. The molecule has 20 heavy (non-hydrogen) atoms. The fourth-order valence-electron chi connectivity index (χ4n) is 1.90. The molecule has 0 spiro atoms. The highest BCUT2D eigenvalue weighted by atomic mass is 19.1. The molecule has 0 saturated carbocycles. The number of ketones is 1. The molecule has 2 aromatic rings. The number of carbonyl (C=O) groups is 1. The number of hydrogen-bond acceptors (Lipinski definition) is 3. The topological polar surface area (TPSA) is 48.3 Å². The van der Waals surface area contributed by atoms with Gasteiger partial charge in [0.1, 0.15) is 0 Å². The second-order valence-corrected chi connectivity index (χ2v) is 4.36. The maximum atomic E-state index is 13.6. The molecule has 0 amide bonds. The normalized spacial score (nSPS) is 10.3. The van der Waals surface area contributed by atoms with Gasteiger partial charge < -0.3 is 9.30 Å². The van der Waals surface area contributed by atoms with Crippen molar-refractivity contribution in [3.8, 4) is 5.75 Å². The molecule has 0 atom stereocenters. The van der Waals surface area contributed by atoms with Crippen LogP contribution in [0.1, 0.15) is 16.1 Å².